The number of nitrogens with two attached hydrogens (primary N) is 1. The second-order valence-corrected chi connectivity index (χ2v) is 7.62. The van der Waals surface area contributed by atoms with Gasteiger partial charge in [-0.1, -0.05) is 52.8 Å². The highest BCUT2D eigenvalue weighted by molar-refractivity contribution is 7.80. The van der Waals surface area contributed by atoms with Crippen LogP contribution in [0, 0.1) is 23.2 Å². The Hall–Kier alpha value is -0.640. The first-order valence-electron chi connectivity index (χ1n) is 7.84. The molecule has 0 aromatic rings. The third-order valence-corrected chi connectivity index (χ3v) is 4.65. The van der Waals surface area contributed by atoms with Crippen molar-refractivity contribution >= 4 is 23.1 Å². The van der Waals surface area contributed by atoms with E-state index in [1.165, 1.54) is 32.1 Å². The highest BCUT2D eigenvalue weighted by Gasteiger charge is 2.35. The van der Waals surface area contributed by atoms with Gasteiger partial charge in [-0.3, -0.25) is 4.79 Å². The lowest BCUT2D eigenvalue weighted by Gasteiger charge is -2.32. The number of nitrogens with one attached hydrogen (secondary N) is 1. The Balaban J connectivity index is 2.63. The third-order valence-electron chi connectivity index (χ3n) is 4.40. The first-order valence-corrected chi connectivity index (χ1v) is 8.25. The van der Waals surface area contributed by atoms with Crippen molar-refractivity contribution in [2.75, 3.05) is 6.54 Å². The summed E-state index contributed by atoms with van der Waals surface area (Å²) >= 11 is 5.03. The molecule has 0 heterocycles. The maximum atomic E-state index is 12.3. The predicted molar refractivity (Wildman–Crippen MR) is 88.5 cm³/mol. The summed E-state index contributed by atoms with van der Waals surface area (Å²) in [6.45, 7) is 9.27. The molecule has 1 saturated carbocycles. The van der Waals surface area contributed by atoms with E-state index in [0.717, 1.165) is 6.54 Å². The Bertz CT molecular complexity index is 346. The van der Waals surface area contributed by atoms with Gasteiger partial charge < -0.3 is 11.1 Å². The van der Waals surface area contributed by atoms with Crippen LogP contribution in [0.15, 0.2) is 0 Å². The molecule has 1 amide bonds. The normalized spacial score (nSPS) is 19.3. The van der Waals surface area contributed by atoms with Gasteiger partial charge in [0.1, 0.15) is 0 Å². The molecule has 0 radical (unpaired) electrons. The zero-order valence-electron chi connectivity index (χ0n) is 13.4. The van der Waals surface area contributed by atoms with E-state index in [4.69, 9.17) is 18.0 Å². The standard InChI is InChI=1S/C16H30N2OS/c1-11(2)9-16(7-5-6-8-16)10-18-15(19)13(12(3)4)14(17)20/h11-13H,5-10H2,1-4H3,(H2,17,20)(H,18,19). The Kier molecular flexibility index (Phi) is 6.44. The van der Waals surface area contributed by atoms with Crippen LogP contribution in [-0.2, 0) is 4.79 Å². The Morgan fingerprint density at radius 2 is 1.80 bits per heavy atom. The molecular formula is C16H30N2OS. The molecule has 1 atom stereocenters. The maximum Gasteiger partial charge on any atom is 0.230 e. The number of carbonyl (C=O) groups is 1. The van der Waals surface area contributed by atoms with Gasteiger partial charge in [-0.2, -0.15) is 0 Å². The van der Waals surface area contributed by atoms with Crippen LogP contribution in [0.2, 0.25) is 0 Å². The summed E-state index contributed by atoms with van der Waals surface area (Å²) in [5.74, 6) is 0.476. The molecule has 116 valence electrons. The van der Waals surface area contributed by atoms with Crippen molar-refractivity contribution in [3.63, 3.8) is 0 Å². The van der Waals surface area contributed by atoms with Crippen molar-refractivity contribution in [1.29, 1.82) is 0 Å². The Morgan fingerprint density at radius 3 is 2.20 bits per heavy atom. The third kappa shape index (κ3) is 4.72. The summed E-state index contributed by atoms with van der Waals surface area (Å²) < 4.78 is 0. The average molecular weight is 298 g/mol. The quantitative estimate of drug-likeness (QED) is 0.709. The molecule has 0 aromatic carbocycles. The molecule has 0 aromatic heterocycles. The van der Waals surface area contributed by atoms with Crippen molar-refractivity contribution < 1.29 is 4.79 Å². The molecule has 0 saturated heterocycles. The fraction of sp³-hybridized carbons (Fsp3) is 0.875. The molecule has 1 unspecified atom stereocenters. The van der Waals surface area contributed by atoms with Crippen molar-refractivity contribution in [2.45, 2.75) is 59.8 Å². The maximum absolute atomic E-state index is 12.3. The molecule has 3 nitrogen and oxygen atoms in total. The molecule has 0 bridgehead atoms. The average Bonchev–Trinajstić information content (AvgIpc) is 2.73. The summed E-state index contributed by atoms with van der Waals surface area (Å²) in [5, 5.41) is 3.13. The van der Waals surface area contributed by atoms with Crippen molar-refractivity contribution in [3.8, 4) is 0 Å². The highest BCUT2D eigenvalue weighted by atomic mass is 32.1. The van der Waals surface area contributed by atoms with Gasteiger partial charge in [-0.15, -0.1) is 0 Å². The van der Waals surface area contributed by atoms with Crippen LogP contribution in [0.3, 0.4) is 0 Å². The predicted octanol–water partition coefficient (Wildman–Crippen LogP) is 3.27. The van der Waals surface area contributed by atoms with Crippen LogP contribution in [0.1, 0.15) is 59.8 Å². The van der Waals surface area contributed by atoms with E-state index < -0.39 is 0 Å². The van der Waals surface area contributed by atoms with Crippen LogP contribution in [0.5, 0.6) is 0 Å². The minimum Gasteiger partial charge on any atom is -0.393 e. The number of hydrogen-bond donors (Lipinski definition) is 2. The van der Waals surface area contributed by atoms with E-state index in [-0.39, 0.29) is 17.7 Å². The largest absolute Gasteiger partial charge is 0.393 e. The van der Waals surface area contributed by atoms with Crippen LogP contribution in [-0.4, -0.2) is 17.4 Å². The van der Waals surface area contributed by atoms with E-state index in [0.29, 0.717) is 16.3 Å². The zero-order chi connectivity index (χ0) is 15.3. The molecular weight excluding hydrogens is 268 g/mol. The summed E-state index contributed by atoms with van der Waals surface area (Å²) in [4.78, 5) is 12.6. The van der Waals surface area contributed by atoms with Crippen LogP contribution in [0.4, 0.5) is 0 Å². The second-order valence-electron chi connectivity index (χ2n) is 7.15. The zero-order valence-corrected chi connectivity index (χ0v) is 14.2. The topological polar surface area (TPSA) is 55.1 Å². The van der Waals surface area contributed by atoms with Crippen molar-refractivity contribution in [2.24, 2.45) is 28.9 Å². The lowest BCUT2D eigenvalue weighted by atomic mass is 9.78. The highest BCUT2D eigenvalue weighted by Crippen LogP contribution is 2.42. The van der Waals surface area contributed by atoms with Gasteiger partial charge in [0.15, 0.2) is 0 Å². The van der Waals surface area contributed by atoms with E-state index in [2.05, 4.69) is 19.2 Å². The van der Waals surface area contributed by atoms with Gasteiger partial charge in [0.2, 0.25) is 5.91 Å². The van der Waals surface area contributed by atoms with Gasteiger partial charge in [-0.25, -0.2) is 0 Å². The summed E-state index contributed by atoms with van der Waals surface area (Å²) in [5.41, 5.74) is 6.00. The number of carbonyl (C=O) groups excluding carboxylic acids is 1. The van der Waals surface area contributed by atoms with E-state index in [1.807, 2.05) is 13.8 Å². The van der Waals surface area contributed by atoms with Crippen LogP contribution >= 0.6 is 12.2 Å². The molecule has 20 heavy (non-hydrogen) atoms. The molecule has 0 spiro atoms. The lowest BCUT2D eigenvalue weighted by Crippen LogP contribution is -2.44. The summed E-state index contributed by atoms with van der Waals surface area (Å²) in [6, 6.07) is 0. The molecule has 3 N–H and O–H groups in total. The van der Waals surface area contributed by atoms with E-state index >= 15 is 0 Å². The number of rotatable bonds is 7. The van der Waals surface area contributed by atoms with Crippen molar-refractivity contribution in [1.82, 2.24) is 5.32 Å². The molecule has 1 rings (SSSR count). The van der Waals surface area contributed by atoms with Crippen LogP contribution in [0.25, 0.3) is 0 Å². The van der Waals surface area contributed by atoms with Crippen LogP contribution < -0.4 is 11.1 Å². The molecule has 4 heteroatoms. The van der Waals surface area contributed by atoms with E-state index in [9.17, 15) is 4.79 Å². The van der Waals surface area contributed by atoms with Gasteiger partial charge in [0.25, 0.3) is 0 Å². The minimum absolute atomic E-state index is 0.00234. The minimum atomic E-state index is -0.345. The number of thiocarbonyl (C=S) groups is 1. The fourth-order valence-corrected chi connectivity index (χ4v) is 3.97. The Labute approximate surface area is 129 Å². The number of amides is 1. The van der Waals surface area contributed by atoms with E-state index in [1.54, 1.807) is 0 Å². The summed E-state index contributed by atoms with van der Waals surface area (Å²) in [6.07, 6.45) is 6.21. The Morgan fingerprint density at radius 1 is 1.25 bits per heavy atom. The molecule has 1 aliphatic rings. The summed E-state index contributed by atoms with van der Waals surface area (Å²) in [7, 11) is 0. The fourth-order valence-electron chi connectivity index (χ4n) is 3.59. The first kappa shape index (κ1) is 17.4. The number of hydrogen-bond acceptors (Lipinski definition) is 2. The molecule has 1 aliphatic carbocycles. The molecule has 0 aliphatic heterocycles. The van der Waals surface area contributed by atoms with Crippen molar-refractivity contribution in [3.05, 3.63) is 0 Å². The SMILES string of the molecule is CC(C)CC1(CNC(=O)C(C(N)=S)C(C)C)CCCC1. The second kappa shape index (κ2) is 7.39. The molecule has 1 fully saturated rings. The first-order chi connectivity index (χ1) is 9.27. The van der Waals surface area contributed by atoms with Gasteiger partial charge in [0.05, 0.1) is 10.9 Å². The lowest BCUT2D eigenvalue weighted by molar-refractivity contribution is -0.124. The van der Waals surface area contributed by atoms with Gasteiger partial charge in [-0.05, 0) is 36.5 Å². The smallest absolute Gasteiger partial charge is 0.230 e. The monoisotopic (exact) mass is 298 g/mol. The van der Waals surface area contributed by atoms with Gasteiger partial charge in [0, 0.05) is 6.54 Å². The van der Waals surface area contributed by atoms with Gasteiger partial charge >= 0.3 is 0 Å².